The Morgan fingerprint density at radius 3 is 2.65 bits per heavy atom. The molecule has 0 fully saturated rings. The van der Waals surface area contributed by atoms with Gasteiger partial charge in [0.25, 0.3) is 0 Å². The maximum absolute atomic E-state index is 11.1. The van der Waals surface area contributed by atoms with Gasteiger partial charge < -0.3 is 15.2 Å². The molecular formula is C11H15BrClNO3. The molecule has 0 saturated heterocycles. The highest BCUT2D eigenvalue weighted by atomic mass is 79.9. The maximum atomic E-state index is 11.1. The van der Waals surface area contributed by atoms with Crippen LogP contribution in [0.1, 0.15) is 18.0 Å². The van der Waals surface area contributed by atoms with E-state index in [0.717, 1.165) is 10.0 Å². The first-order valence-electron chi connectivity index (χ1n) is 4.74. The number of ether oxygens (including phenoxy) is 2. The molecule has 2 N–H and O–H groups in total. The molecule has 0 bridgehead atoms. The van der Waals surface area contributed by atoms with E-state index >= 15 is 0 Å². The molecule has 96 valence electrons. The molecule has 0 aliphatic carbocycles. The molecule has 0 radical (unpaired) electrons. The van der Waals surface area contributed by atoms with Crippen molar-refractivity contribution in [1.29, 1.82) is 0 Å². The monoisotopic (exact) mass is 323 g/mol. The van der Waals surface area contributed by atoms with Crippen LogP contribution in [0.25, 0.3) is 0 Å². The number of hydrogen-bond donors (Lipinski definition) is 1. The highest BCUT2D eigenvalue weighted by molar-refractivity contribution is 9.10. The minimum atomic E-state index is -0.431. The highest BCUT2D eigenvalue weighted by Gasteiger charge is 2.16. The predicted molar refractivity (Wildman–Crippen MR) is 71.5 cm³/mol. The summed E-state index contributed by atoms with van der Waals surface area (Å²) in [6.07, 6.45) is 0.128. The molecule has 1 aromatic rings. The molecule has 6 heteroatoms. The van der Waals surface area contributed by atoms with Crippen molar-refractivity contribution in [3.63, 3.8) is 0 Å². The average Bonchev–Trinajstić information content (AvgIpc) is 2.28. The van der Waals surface area contributed by atoms with Crippen LogP contribution < -0.4 is 10.5 Å². The summed E-state index contributed by atoms with van der Waals surface area (Å²) in [6, 6.07) is 5.07. The van der Waals surface area contributed by atoms with Gasteiger partial charge in [0.1, 0.15) is 5.75 Å². The van der Waals surface area contributed by atoms with Crippen LogP contribution in [0.2, 0.25) is 0 Å². The van der Waals surface area contributed by atoms with Crippen LogP contribution in [0.4, 0.5) is 0 Å². The SMILES string of the molecule is COC(=O)C[C@H](N)c1cc(Br)ccc1OC.Cl. The summed E-state index contributed by atoms with van der Waals surface area (Å²) in [4.78, 5) is 11.1. The first-order valence-corrected chi connectivity index (χ1v) is 5.53. The van der Waals surface area contributed by atoms with Gasteiger partial charge in [-0.1, -0.05) is 15.9 Å². The van der Waals surface area contributed by atoms with Crippen LogP contribution in [0.5, 0.6) is 5.75 Å². The Morgan fingerprint density at radius 1 is 1.47 bits per heavy atom. The smallest absolute Gasteiger partial charge is 0.307 e. The van der Waals surface area contributed by atoms with Gasteiger partial charge in [-0.05, 0) is 18.2 Å². The lowest BCUT2D eigenvalue weighted by molar-refractivity contribution is -0.141. The van der Waals surface area contributed by atoms with Crippen LogP contribution >= 0.6 is 28.3 Å². The summed E-state index contributed by atoms with van der Waals surface area (Å²) in [7, 11) is 2.91. The topological polar surface area (TPSA) is 61.5 Å². The minimum absolute atomic E-state index is 0. The number of carbonyl (C=O) groups is 1. The molecule has 0 heterocycles. The van der Waals surface area contributed by atoms with Crippen molar-refractivity contribution in [2.45, 2.75) is 12.5 Å². The second-order valence-corrected chi connectivity index (χ2v) is 4.19. The Hall–Kier alpha value is -0.780. The standard InChI is InChI=1S/C11H14BrNO3.ClH/c1-15-10-4-3-7(12)5-8(10)9(13)6-11(14)16-2;/h3-5,9H,6,13H2,1-2H3;1H/t9-;/m0./s1. The van der Waals surface area contributed by atoms with E-state index in [1.165, 1.54) is 7.11 Å². The van der Waals surface area contributed by atoms with Gasteiger partial charge in [0, 0.05) is 16.1 Å². The van der Waals surface area contributed by atoms with Gasteiger partial charge in [-0.2, -0.15) is 0 Å². The van der Waals surface area contributed by atoms with Crippen molar-refractivity contribution in [2.24, 2.45) is 5.73 Å². The lowest BCUT2D eigenvalue weighted by Gasteiger charge is -2.15. The Bertz CT molecular complexity index is 387. The molecule has 0 unspecified atom stereocenters. The highest BCUT2D eigenvalue weighted by Crippen LogP contribution is 2.28. The van der Waals surface area contributed by atoms with Gasteiger partial charge in [0.15, 0.2) is 0 Å². The summed E-state index contributed by atoms with van der Waals surface area (Å²) in [5, 5.41) is 0. The van der Waals surface area contributed by atoms with E-state index < -0.39 is 6.04 Å². The molecule has 0 amide bonds. The third-order valence-corrected chi connectivity index (χ3v) is 2.70. The molecule has 1 atom stereocenters. The van der Waals surface area contributed by atoms with Crippen LogP contribution in [0.3, 0.4) is 0 Å². The van der Waals surface area contributed by atoms with Crippen molar-refractivity contribution in [3.05, 3.63) is 28.2 Å². The van der Waals surface area contributed by atoms with Gasteiger partial charge in [-0.3, -0.25) is 4.79 Å². The number of methoxy groups -OCH3 is 2. The van der Waals surface area contributed by atoms with Crippen molar-refractivity contribution >= 4 is 34.3 Å². The van der Waals surface area contributed by atoms with Crippen molar-refractivity contribution < 1.29 is 14.3 Å². The summed E-state index contributed by atoms with van der Waals surface area (Å²) >= 11 is 3.35. The fourth-order valence-corrected chi connectivity index (χ4v) is 1.75. The molecule has 0 spiro atoms. The Kier molecular flexibility index (Phi) is 7.18. The zero-order chi connectivity index (χ0) is 12.1. The van der Waals surface area contributed by atoms with Crippen molar-refractivity contribution in [3.8, 4) is 5.75 Å². The van der Waals surface area contributed by atoms with Crippen LogP contribution in [-0.2, 0) is 9.53 Å². The second kappa shape index (κ2) is 7.53. The number of rotatable bonds is 4. The second-order valence-electron chi connectivity index (χ2n) is 3.27. The normalized spacial score (nSPS) is 11.3. The van der Waals surface area contributed by atoms with E-state index in [1.54, 1.807) is 13.2 Å². The molecule has 1 rings (SSSR count). The molecule has 0 saturated carbocycles. The number of hydrogen-bond acceptors (Lipinski definition) is 4. The Labute approximate surface area is 115 Å². The number of carbonyl (C=O) groups excluding carboxylic acids is 1. The number of benzene rings is 1. The zero-order valence-electron chi connectivity index (χ0n) is 9.60. The van der Waals surface area contributed by atoms with Crippen molar-refractivity contribution in [1.82, 2.24) is 0 Å². The quantitative estimate of drug-likeness (QED) is 0.864. The van der Waals surface area contributed by atoms with Gasteiger partial charge in [0.05, 0.1) is 20.6 Å². The first kappa shape index (κ1) is 16.2. The Balaban J connectivity index is 0.00000256. The van der Waals surface area contributed by atoms with Crippen LogP contribution in [-0.4, -0.2) is 20.2 Å². The van der Waals surface area contributed by atoms with E-state index in [2.05, 4.69) is 20.7 Å². The maximum Gasteiger partial charge on any atom is 0.307 e. The molecule has 0 aliphatic rings. The third-order valence-electron chi connectivity index (χ3n) is 2.21. The molecule has 0 aromatic heterocycles. The van der Waals surface area contributed by atoms with E-state index in [1.807, 2.05) is 12.1 Å². The molecule has 0 aliphatic heterocycles. The van der Waals surface area contributed by atoms with Gasteiger partial charge in [0.2, 0.25) is 0 Å². The first-order chi connectivity index (χ1) is 7.58. The van der Waals surface area contributed by atoms with Gasteiger partial charge in [-0.15, -0.1) is 12.4 Å². The average molecular weight is 325 g/mol. The summed E-state index contributed by atoms with van der Waals surface area (Å²) in [5.74, 6) is 0.328. The third kappa shape index (κ3) is 4.53. The Morgan fingerprint density at radius 2 is 2.12 bits per heavy atom. The minimum Gasteiger partial charge on any atom is -0.496 e. The number of halogens is 2. The van der Waals surface area contributed by atoms with E-state index in [-0.39, 0.29) is 24.8 Å². The fraction of sp³-hybridized carbons (Fsp3) is 0.364. The van der Waals surface area contributed by atoms with E-state index in [9.17, 15) is 4.79 Å². The summed E-state index contributed by atoms with van der Waals surface area (Å²) in [6.45, 7) is 0. The van der Waals surface area contributed by atoms with E-state index in [4.69, 9.17) is 10.5 Å². The van der Waals surface area contributed by atoms with Gasteiger partial charge in [-0.25, -0.2) is 0 Å². The van der Waals surface area contributed by atoms with Crippen LogP contribution in [0.15, 0.2) is 22.7 Å². The van der Waals surface area contributed by atoms with Crippen molar-refractivity contribution in [2.75, 3.05) is 14.2 Å². The lowest BCUT2D eigenvalue weighted by Crippen LogP contribution is -2.17. The molecule has 4 nitrogen and oxygen atoms in total. The summed E-state index contributed by atoms with van der Waals surface area (Å²) < 4.78 is 10.7. The zero-order valence-corrected chi connectivity index (χ0v) is 12.0. The van der Waals surface area contributed by atoms with E-state index in [0.29, 0.717) is 5.75 Å². The predicted octanol–water partition coefficient (Wildman–Crippen LogP) is 2.44. The lowest BCUT2D eigenvalue weighted by atomic mass is 10.0. The molecular weight excluding hydrogens is 309 g/mol. The molecule has 17 heavy (non-hydrogen) atoms. The van der Waals surface area contributed by atoms with Gasteiger partial charge >= 0.3 is 5.97 Å². The molecule has 1 aromatic carbocycles. The number of esters is 1. The number of nitrogens with two attached hydrogens (primary N) is 1. The fourth-order valence-electron chi connectivity index (χ4n) is 1.37. The van der Waals surface area contributed by atoms with Crippen LogP contribution in [0, 0.1) is 0 Å². The summed E-state index contributed by atoms with van der Waals surface area (Å²) in [5.41, 5.74) is 6.69. The largest absolute Gasteiger partial charge is 0.496 e.